The van der Waals surface area contributed by atoms with Crippen LogP contribution >= 0.6 is 23.4 Å². The Bertz CT molecular complexity index is 1180. The van der Waals surface area contributed by atoms with Crippen molar-refractivity contribution in [3.05, 3.63) is 69.0 Å². The average molecular weight is 401 g/mol. The van der Waals surface area contributed by atoms with E-state index < -0.39 is 5.63 Å². The Morgan fingerprint density at radius 3 is 2.67 bits per heavy atom. The summed E-state index contributed by atoms with van der Waals surface area (Å²) in [6.45, 7) is 1.70. The normalized spacial score (nSPS) is 11.2. The molecule has 0 spiro atoms. The van der Waals surface area contributed by atoms with Crippen LogP contribution in [0.25, 0.3) is 22.4 Å². The van der Waals surface area contributed by atoms with Crippen molar-refractivity contribution in [1.82, 2.24) is 10.2 Å². The monoisotopic (exact) mass is 400 g/mol. The predicted molar refractivity (Wildman–Crippen MR) is 103 cm³/mol. The number of phenols is 1. The van der Waals surface area contributed by atoms with E-state index in [9.17, 15) is 9.90 Å². The number of aromatic nitrogens is 2. The van der Waals surface area contributed by atoms with Gasteiger partial charge in [0.05, 0.1) is 0 Å². The SMILES string of the molecule is Cc1c(O)ccc2c(CSc3nnc(-c4ccc(Cl)cc4)o3)cc(=O)oc12. The van der Waals surface area contributed by atoms with Gasteiger partial charge >= 0.3 is 5.63 Å². The molecule has 27 heavy (non-hydrogen) atoms. The molecular weight excluding hydrogens is 388 g/mol. The topological polar surface area (TPSA) is 89.4 Å². The largest absolute Gasteiger partial charge is 0.508 e. The molecule has 0 fully saturated rings. The molecule has 6 nitrogen and oxygen atoms in total. The van der Waals surface area contributed by atoms with E-state index in [4.69, 9.17) is 20.4 Å². The van der Waals surface area contributed by atoms with Crippen molar-refractivity contribution in [2.45, 2.75) is 17.9 Å². The van der Waals surface area contributed by atoms with Crippen LogP contribution in [0.1, 0.15) is 11.1 Å². The summed E-state index contributed by atoms with van der Waals surface area (Å²) in [7, 11) is 0. The van der Waals surface area contributed by atoms with E-state index in [-0.39, 0.29) is 5.75 Å². The lowest BCUT2D eigenvalue weighted by atomic mass is 10.1. The zero-order chi connectivity index (χ0) is 19.0. The lowest BCUT2D eigenvalue weighted by molar-refractivity contribution is 0.465. The Morgan fingerprint density at radius 2 is 1.89 bits per heavy atom. The van der Waals surface area contributed by atoms with Gasteiger partial charge in [-0.3, -0.25) is 0 Å². The first-order valence-corrected chi connectivity index (χ1v) is 9.35. The van der Waals surface area contributed by atoms with E-state index in [1.165, 1.54) is 17.8 Å². The highest BCUT2D eigenvalue weighted by atomic mass is 35.5. The zero-order valence-corrected chi connectivity index (χ0v) is 15.7. The summed E-state index contributed by atoms with van der Waals surface area (Å²) >= 11 is 7.20. The average Bonchev–Trinajstić information content (AvgIpc) is 3.13. The number of halogens is 1. The van der Waals surface area contributed by atoms with Crippen LogP contribution in [0, 0.1) is 6.92 Å². The van der Waals surface area contributed by atoms with E-state index >= 15 is 0 Å². The highest BCUT2D eigenvalue weighted by Crippen LogP contribution is 2.31. The molecular formula is C19H13ClN2O4S. The first kappa shape index (κ1) is 17.6. The van der Waals surface area contributed by atoms with Gasteiger partial charge in [0, 0.05) is 33.4 Å². The van der Waals surface area contributed by atoms with Gasteiger partial charge in [-0.1, -0.05) is 23.4 Å². The highest BCUT2D eigenvalue weighted by Gasteiger charge is 2.13. The van der Waals surface area contributed by atoms with Crippen LogP contribution in [0.15, 0.2) is 61.3 Å². The summed E-state index contributed by atoms with van der Waals surface area (Å²) in [4.78, 5) is 11.9. The Morgan fingerprint density at radius 1 is 1.11 bits per heavy atom. The van der Waals surface area contributed by atoms with E-state index in [0.29, 0.717) is 33.0 Å². The van der Waals surface area contributed by atoms with E-state index in [1.54, 1.807) is 43.3 Å². The Labute approximate surface area is 162 Å². The molecule has 0 bridgehead atoms. The van der Waals surface area contributed by atoms with Crippen molar-refractivity contribution in [3.63, 3.8) is 0 Å². The van der Waals surface area contributed by atoms with Crippen molar-refractivity contribution in [2.75, 3.05) is 0 Å². The summed E-state index contributed by atoms with van der Waals surface area (Å²) in [5.74, 6) is 0.918. The first-order valence-electron chi connectivity index (χ1n) is 7.99. The van der Waals surface area contributed by atoms with Crippen LogP contribution in [-0.4, -0.2) is 15.3 Å². The molecule has 0 aliphatic carbocycles. The van der Waals surface area contributed by atoms with Crippen LogP contribution in [0.2, 0.25) is 5.02 Å². The molecule has 2 heterocycles. The number of fused-ring (bicyclic) bond motifs is 1. The van der Waals surface area contributed by atoms with Crippen LogP contribution in [0.5, 0.6) is 5.75 Å². The van der Waals surface area contributed by atoms with Crippen LogP contribution < -0.4 is 5.63 Å². The van der Waals surface area contributed by atoms with Gasteiger partial charge in [-0.15, -0.1) is 10.2 Å². The number of hydrogen-bond donors (Lipinski definition) is 1. The molecule has 4 aromatic rings. The van der Waals surface area contributed by atoms with Gasteiger partial charge in [0.2, 0.25) is 5.89 Å². The zero-order valence-electron chi connectivity index (χ0n) is 14.1. The second-order valence-corrected chi connectivity index (χ2v) is 7.21. The van der Waals surface area contributed by atoms with Crippen molar-refractivity contribution >= 4 is 34.3 Å². The Hall–Kier alpha value is -2.77. The molecule has 8 heteroatoms. The summed E-state index contributed by atoms with van der Waals surface area (Å²) in [6, 6.07) is 11.8. The maximum absolute atomic E-state index is 11.9. The molecule has 0 aliphatic rings. The number of aryl methyl sites for hydroxylation is 1. The lowest BCUT2D eigenvalue weighted by Gasteiger charge is -2.07. The fourth-order valence-electron chi connectivity index (χ4n) is 2.65. The molecule has 0 aliphatic heterocycles. The summed E-state index contributed by atoms with van der Waals surface area (Å²) in [5, 5.41) is 19.7. The summed E-state index contributed by atoms with van der Waals surface area (Å²) in [6.07, 6.45) is 0. The standard InChI is InChI=1S/C19H13ClN2O4S/c1-10-15(23)7-6-14-12(8-16(24)25-17(10)14)9-27-19-22-21-18(26-19)11-2-4-13(20)5-3-11/h2-8,23H,9H2,1H3. The second-order valence-electron chi connectivity index (χ2n) is 5.85. The Kier molecular flexibility index (Phi) is 4.63. The quantitative estimate of drug-likeness (QED) is 0.388. The maximum atomic E-state index is 11.9. The molecule has 0 amide bonds. The van der Waals surface area contributed by atoms with Gasteiger partial charge in [-0.25, -0.2) is 4.79 Å². The molecule has 0 atom stereocenters. The molecule has 136 valence electrons. The van der Waals surface area contributed by atoms with Crippen LogP contribution in [-0.2, 0) is 5.75 Å². The predicted octanol–water partition coefficient (Wildman–Crippen LogP) is 4.80. The third-order valence-electron chi connectivity index (χ3n) is 4.07. The molecule has 2 aromatic carbocycles. The minimum Gasteiger partial charge on any atom is -0.508 e. The van der Waals surface area contributed by atoms with Gasteiger partial charge < -0.3 is 13.9 Å². The number of nitrogens with zero attached hydrogens (tertiary/aromatic N) is 2. The third-order valence-corrected chi connectivity index (χ3v) is 5.19. The third kappa shape index (κ3) is 3.56. The molecule has 2 aromatic heterocycles. The number of thioether (sulfide) groups is 1. The lowest BCUT2D eigenvalue weighted by Crippen LogP contribution is -2.01. The van der Waals surface area contributed by atoms with E-state index in [0.717, 1.165) is 16.5 Å². The molecule has 0 saturated heterocycles. The maximum Gasteiger partial charge on any atom is 0.336 e. The molecule has 1 N–H and O–H groups in total. The molecule has 4 rings (SSSR count). The number of benzene rings is 2. The molecule has 0 unspecified atom stereocenters. The van der Waals surface area contributed by atoms with Gasteiger partial charge in [-0.05, 0) is 48.9 Å². The van der Waals surface area contributed by atoms with Crippen molar-refractivity contribution in [1.29, 1.82) is 0 Å². The van der Waals surface area contributed by atoms with Crippen molar-refractivity contribution in [3.8, 4) is 17.2 Å². The number of aromatic hydroxyl groups is 1. The van der Waals surface area contributed by atoms with Crippen LogP contribution in [0.4, 0.5) is 0 Å². The van der Waals surface area contributed by atoms with Gasteiger partial charge in [0.1, 0.15) is 11.3 Å². The number of rotatable bonds is 4. The van der Waals surface area contributed by atoms with Crippen molar-refractivity contribution < 1.29 is 13.9 Å². The second kappa shape index (κ2) is 7.09. The minimum absolute atomic E-state index is 0.0833. The first-order chi connectivity index (χ1) is 13.0. The van der Waals surface area contributed by atoms with Gasteiger partial charge in [0.25, 0.3) is 5.22 Å². The van der Waals surface area contributed by atoms with E-state index in [1.807, 2.05) is 0 Å². The van der Waals surface area contributed by atoms with Gasteiger partial charge in [-0.2, -0.15) is 0 Å². The number of phenolic OH excluding ortho intramolecular Hbond substituents is 1. The molecule has 0 saturated carbocycles. The fraction of sp³-hybridized carbons (Fsp3) is 0.105. The highest BCUT2D eigenvalue weighted by molar-refractivity contribution is 7.98. The fourth-order valence-corrected chi connectivity index (χ4v) is 3.53. The van der Waals surface area contributed by atoms with Crippen LogP contribution in [0.3, 0.4) is 0 Å². The van der Waals surface area contributed by atoms with Gasteiger partial charge in [0.15, 0.2) is 0 Å². The summed E-state index contributed by atoms with van der Waals surface area (Å²) < 4.78 is 10.9. The van der Waals surface area contributed by atoms with E-state index in [2.05, 4.69) is 10.2 Å². The molecule has 0 radical (unpaired) electrons. The Balaban J connectivity index is 1.60. The minimum atomic E-state index is -0.473. The number of hydrogen-bond acceptors (Lipinski definition) is 7. The smallest absolute Gasteiger partial charge is 0.336 e. The summed E-state index contributed by atoms with van der Waals surface area (Å²) in [5.41, 5.74) is 1.97. The van der Waals surface area contributed by atoms with Crippen molar-refractivity contribution in [2.24, 2.45) is 0 Å².